The lowest BCUT2D eigenvalue weighted by atomic mass is 10.0. The molecule has 0 fully saturated rings. The van der Waals surface area contributed by atoms with Crippen molar-refractivity contribution in [1.82, 2.24) is 0 Å². The summed E-state index contributed by atoms with van der Waals surface area (Å²) in [6, 6.07) is 0. The molecule has 0 spiro atoms. The van der Waals surface area contributed by atoms with Crippen molar-refractivity contribution in [3.63, 3.8) is 0 Å². The van der Waals surface area contributed by atoms with E-state index >= 15 is 0 Å². The van der Waals surface area contributed by atoms with Gasteiger partial charge in [-0.3, -0.25) is 18.6 Å². The summed E-state index contributed by atoms with van der Waals surface area (Å²) in [6.45, 7) is 3.81. The van der Waals surface area contributed by atoms with Gasteiger partial charge in [-0.2, -0.15) is 0 Å². The Bertz CT molecular complexity index is 1470. The van der Waals surface area contributed by atoms with Gasteiger partial charge >= 0.3 is 19.8 Å². The van der Waals surface area contributed by atoms with Crippen LogP contribution < -0.4 is 5.73 Å². The fraction of sp³-hybridized carbons (Fsp3) is 0.892. The van der Waals surface area contributed by atoms with Crippen LogP contribution >= 0.6 is 7.82 Å². The van der Waals surface area contributed by atoms with Crippen LogP contribution in [0.2, 0.25) is 0 Å². The quantitative estimate of drug-likeness (QED) is 0.0264. The Kier molecular flexibility index (Phi) is 68.8. The largest absolute Gasteiger partial charge is 0.472 e. The minimum absolute atomic E-state index is 0.0562. The topological polar surface area (TPSA) is 134 Å². The lowest BCUT2D eigenvalue weighted by molar-refractivity contribution is -0.161. The van der Waals surface area contributed by atoms with Crippen molar-refractivity contribution in [1.29, 1.82) is 0 Å². The average molecular weight is 1200 g/mol. The minimum atomic E-state index is -4.39. The van der Waals surface area contributed by atoms with Gasteiger partial charge in [0.25, 0.3) is 0 Å². The molecule has 0 saturated carbocycles. The number of esters is 2. The fourth-order valence-electron chi connectivity index (χ4n) is 11.3. The van der Waals surface area contributed by atoms with E-state index in [1.807, 2.05) is 0 Å². The molecule has 0 saturated heterocycles. The average Bonchev–Trinajstić information content (AvgIpc) is 3.55. The summed E-state index contributed by atoms with van der Waals surface area (Å²) in [5.41, 5.74) is 5.41. The number of phosphoric ester groups is 1. The van der Waals surface area contributed by atoms with Gasteiger partial charge in [-0.1, -0.05) is 365 Å². The summed E-state index contributed by atoms with van der Waals surface area (Å²) in [7, 11) is -4.39. The Morgan fingerprint density at radius 2 is 0.619 bits per heavy atom. The van der Waals surface area contributed by atoms with Crippen molar-refractivity contribution in [3.8, 4) is 0 Å². The summed E-state index contributed by atoms with van der Waals surface area (Å²) < 4.78 is 33.2. The van der Waals surface area contributed by atoms with E-state index in [0.717, 1.165) is 44.9 Å². The van der Waals surface area contributed by atoms with Gasteiger partial charge in [0.2, 0.25) is 0 Å². The van der Waals surface area contributed by atoms with Crippen molar-refractivity contribution in [2.24, 2.45) is 5.73 Å². The lowest BCUT2D eigenvalue weighted by Crippen LogP contribution is -2.29. The van der Waals surface area contributed by atoms with Crippen LogP contribution in [0.25, 0.3) is 0 Å². The Hall–Kier alpha value is -1.77. The Labute approximate surface area is 522 Å². The molecular weight excluding hydrogens is 1060 g/mol. The molecular formula is C74H142NO8P. The Balaban J connectivity index is 3.80. The summed E-state index contributed by atoms with van der Waals surface area (Å²) in [5.74, 6) is -0.803. The highest BCUT2D eigenvalue weighted by atomic mass is 31.2. The van der Waals surface area contributed by atoms with Gasteiger partial charge in [0.1, 0.15) is 6.61 Å². The van der Waals surface area contributed by atoms with Crippen LogP contribution in [0.4, 0.5) is 0 Å². The maximum absolute atomic E-state index is 12.8. The van der Waals surface area contributed by atoms with E-state index in [9.17, 15) is 19.0 Å². The summed E-state index contributed by atoms with van der Waals surface area (Å²) in [6.07, 6.45) is 88.3. The normalized spacial score (nSPS) is 13.0. The van der Waals surface area contributed by atoms with E-state index in [2.05, 4.69) is 50.3 Å². The molecule has 0 rings (SSSR count). The van der Waals surface area contributed by atoms with E-state index in [1.165, 1.54) is 315 Å². The number of carbonyl (C=O) groups excluding carboxylic acids is 2. The first-order valence-corrected chi connectivity index (χ1v) is 38.5. The van der Waals surface area contributed by atoms with E-state index in [0.29, 0.717) is 6.42 Å². The van der Waals surface area contributed by atoms with E-state index in [4.69, 9.17) is 24.3 Å². The fourth-order valence-corrected chi connectivity index (χ4v) is 12.1. The zero-order valence-electron chi connectivity index (χ0n) is 55.9. The highest BCUT2D eigenvalue weighted by molar-refractivity contribution is 7.47. The van der Waals surface area contributed by atoms with Crippen molar-refractivity contribution in [2.75, 3.05) is 26.4 Å². The van der Waals surface area contributed by atoms with Gasteiger partial charge in [-0.25, -0.2) is 4.57 Å². The SMILES string of the molecule is CCCCCCC/C=C\C/C=C\C/C=C\CCCCCCCCCCCCCCCCCCCCC(=O)OC(COC(=O)CCCCCCCCCCCCCCCCCCCCCCCCCCCCCCCC)COP(=O)(O)OCCN. The molecule has 84 heavy (non-hydrogen) atoms. The number of ether oxygens (including phenoxy) is 2. The zero-order chi connectivity index (χ0) is 60.9. The van der Waals surface area contributed by atoms with E-state index in [1.54, 1.807) is 0 Å². The highest BCUT2D eigenvalue weighted by Crippen LogP contribution is 2.43. The molecule has 0 radical (unpaired) electrons. The van der Waals surface area contributed by atoms with Crippen LogP contribution in [0.15, 0.2) is 36.5 Å². The molecule has 496 valence electrons. The number of hydrogen-bond donors (Lipinski definition) is 2. The number of carbonyl (C=O) groups is 2. The summed E-state index contributed by atoms with van der Waals surface area (Å²) in [5, 5.41) is 0. The van der Waals surface area contributed by atoms with Crippen LogP contribution in [-0.4, -0.2) is 49.3 Å². The minimum Gasteiger partial charge on any atom is -0.462 e. The molecule has 0 amide bonds. The first-order valence-electron chi connectivity index (χ1n) is 37.0. The zero-order valence-corrected chi connectivity index (χ0v) is 56.8. The molecule has 9 nitrogen and oxygen atoms in total. The standard InChI is InChI=1S/C74H142NO8P/c1-3-5-7-9-11-13-15-17-19-21-23-25-27-29-31-33-35-36-37-39-41-43-45-47-49-51-53-55-57-59-61-63-65-67-74(77)83-72(71-82-84(78,79)81-69-68-75)70-80-73(76)66-64-62-60-58-56-54-52-50-48-46-44-42-40-38-34-32-30-28-26-24-22-20-18-16-14-12-10-8-6-4-2/h15,17,21,23,27,29,72H,3-14,16,18-20,22,24-26,28,30-71,75H2,1-2H3,(H,78,79)/b17-15-,23-21-,29-27-. The number of hydrogen-bond acceptors (Lipinski definition) is 8. The van der Waals surface area contributed by atoms with Crippen molar-refractivity contribution in [2.45, 2.75) is 399 Å². The summed E-state index contributed by atoms with van der Waals surface area (Å²) in [4.78, 5) is 35.4. The third-order valence-electron chi connectivity index (χ3n) is 16.8. The Morgan fingerprint density at radius 1 is 0.357 bits per heavy atom. The smallest absolute Gasteiger partial charge is 0.462 e. The third-order valence-corrected chi connectivity index (χ3v) is 17.8. The third kappa shape index (κ3) is 69.3. The summed E-state index contributed by atoms with van der Waals surface area (Å²) >= 11 is 0. The second-order valence-electron chi connectivity index (χ2n) is 25.2. The predicted octanol–water partition coefficient (Wildman–Crippen LogP) is 24.3. The number of allylic oxidation sites excluding steroid dienone is 6. The molecule has 2 atom stereocenters. The van der Waals surface area contributed by atoms with Crippen molar-refractivity contribution in [3.05, 3.63) is 36.5 Å². The maximum Gasteiger partial charge on any atom is 0.472 e. The Morgan fingerprint density at radius 3 is 0.917 bits per heavy atom. The number of unbranched alkanes of at least 4 members (excludes halogenated alkanes) is 52. The van der Waals surface area contributed by atoms with Gasteiger partial charge < -0.3 is 20.1 Å². The van der Waals surface area contributed by atoms with E-state index < -0.39 is 26.5 Å². The monoisotopic (exact) mass is 1200 g/mol. The highest BCUT2D eigenvalue weighted by Gasteiger charge is 2.26. The van der Waals surface area contributed by atoms with Crippen LogP contribution in [0.1, 0.15) is 393 Å². The molecule has 0 aliphatic rings. The number of nitrogens with two attached hydrogens (primary N) is 1. The van der Waals surface area contributed by atoms with E-state index in [-0.39, 0.29) is 38.6 Å². The van der Waals surface area contributed by atoms with Gasteiger partial charge in [-0.05, 0) is 51.4 Å². The molecule has 0 heterocycles. The molecule has 0 aromatic heterocycles. The van der Waals surface area contributed by atoms with Crippen molar-refractivity contribution < 1.29 is 37.6 Å². The predicted molar refractivity (Wildman–Crippen MR) is 363 cm³/mol. The molecule has 2 unspecified atom stereocenters. The van der Waals surface area contributed by atoms with Gasteiger partial charge in [0, 0.05) is 19.4 Å². The first-order chi connectivity index (χ1) is 41.3. The molecule has 3 N–H and O–H groups in total. The van der Waals surface area contributed by atoms with Crippen molar-refractivity contribution >= 4 is 19.8 Å². The van der Waals surface area contributed by atoms with Crippen LogP contribution in [0.3, 0.4) is 0 Å². The molecule has 0 bridgehead atoms. The first kappa shape index (κ1) is 82.2. The molecule has 0 aromatic rings. The molecule has 10 heteroatoms. The van der Waals surface area contributed by atoms with Crippen LogP contribution in [0.5, 0.6) is 0 Å². The van der Waals surface area contributed by atoms with Crippen LogP contribution in [-0.2, 0) is 32.7 Å². The van der Waals surface area contributed by atoms with Gasteiger partial charge in [0.15, 0.2) is 6.10 Å². The van der Waals surface area contributed by atoms with Gasteiger partial charge in [0.05, 0.1) is 13.2 Å². The van der Waals surface area contributed by atoms with Gasteiger partial charge in [-0.15, -0.1) is 0 Å². The number of rotatable bonds is 71. The second kappa shape index (κ2) is 70.3. The second-order valence-corrected chi connectivity index (χ2v) is 26.6. The molecule has 0 aliphatic carbocycles. The maximum atomic E-state index is 12.8. The number of phosphoric acid groups is 1. The van der Waals surface area contributed by atoms with Crippen LogP contribution in [0, 0.1) is 0 Å². The molecule has 0 aliphatic heterocycles. The molecule has 0 aromatic carbocycles. The lowest BCUT2D eigenvalue weighted by Gasteiger charge is -2.19.